The van der Waals surface area contributed by atoms with Gasteiger partial charge in [-0.1, -0.05) is 29.3 Å². The maximum Gasteiger partial charge on any atom is 0.273 e. The second-order valence-corrected chi connectivity index (χ2v) is 7.07. The van der Waals surface area contributed by atoms with Gasteiger partial charge in [0.1, 0.15) is 5.82 Å². The molecule has 1 fully saturated rings. The minimum absolute atomic E-state index is 0.147. The second kappa shape index (κ2) is 9.25. The molecule has 1 unspecified atom stereocenters. The summed E-state index contributed by atoms with van der Waals surface area (Å²) in [6, 6.07) is 4.32. The lowest BCUT2D eigenvalue weighted by molar-refractivity contribution is 0.0847. The molecule has 1 aliphatic heterocycles. The summed E-state index contributed by atoms with van der Waals surface area (Å²) in [6.07, 6.45) is 4.77. The SMILES string of the molecule is O=C(NCCN1CCCCC1CO)c1cn(Cc2ccc(F)cc2Cl)nn1. The fourth-order valence-corrected chi connectivity index (χ4v) is 3.50. The third-order valence-electron chi connectivity index (χ3n) is 4.76. The lowest BCUT2D eigenvalue weighted by atomic mass is 10.0. The number of benzene rings is 1. The van der Waals surface area contributed by atoms with Crippen molar-refractivity contribution in [2.45, 2.75) is 31.8 Å². The van der Waals surface area contributed by atoms with Gasteiger partial charge in [-0.15, -0.1) is 5.10 Å². The van der Waals surface area contributed by atoms with Gasteiger partial charge >= 0.3 is 0 Å². The zero-order valence-corrected chi connectivity index (χ0v) is 15.7. The molecule has 0 saturated carbocycles. The first-order valence-electron chi connectivity index (χ1n) is 9.04. The van der Waals surface area contributed by atoms with Crippen molar-refractivity contribution in [2.75, 3.05) is 26.2 Å². The van der Waals surface area contributed by atoms with Gasteiger partial charge in [-0.25, -0.2) is 9.07 Å². The highest BCUT2D eigenvalue weighted by atomic mass is 35.5. The number of rotatable bonds is 7. The van der Waals surface area contributed by atoms with E-state index in [-0.39, 0.29) is 24.2 Å². The lowest BCUT2D eigenvalue weighted by Gasteiger charge is -2.34. The normalized spacial score (nSPS) is 17.8. The molecule has 1 saturated heterocycles. The molecule has 1 amide bonds. The highest BCUT2D eigenvalue weighted by Crippen LogP contribution is 2.18. The van der Waals surface area contributed by atoms with Crippen LogP contribution in [-0.4, -0.2) is 63.2 Å². The van der Waals surface area contributed by atoms with Crippen LogP contribution in [0.1, 0.15) is 35.3 Å². The average Bonchev–Trinajstić information content (AvgIpc) is 3.13. The largest absolute Gasteiger partial charge is 0.395 e. The Hall–Kier alpha value is -2.03. The standard InChI is InChI=1S/C18H23ClFN5O2/c19-16-9-14(20)5-4-13(16)10-25-11-17(22-23-25)18(27)21-6-8-24-7-2-1-3-15(24)12-26/h4-5,9,11,15,26H,1-3,6-8,10,12H2,(H,21,27). The zero-order valence-electron chi connectivity index (χ0n) is 14.9. The van der Waals surface area contributed by atoms with Crippen molar-refractivity contribution in [1.29, 1.82) is 0 Å². The van der Waals surface area contributed by atoms with E-state index < -0.39 is 5.82 Å². The molecule has 2 aromatic rings. The number of carbonyl (C=O) groups is 1. The van der Waals surface area contributed by atoms with E-state index in [1.54, 1.807) is 6.07 Å². The Morgan fingerprint density at radius 2 is 2.26 bits per heavy atom. The predicted molar refractivity (Wildman–Crippen MR) is 99.2 cm³/mol. The number of nitrogens with one attached hydrogen (secondary N) is 1. The smallest absolute Gasteiger partial charge is 0.273 e. The number of carbonyl (C=O) groups excluding carboxylic acids is 1. The molecule has 1 atom stereocenters. The van der Waals surface area contributed by atoms with Gasteiger partial charge < -0.3 is 10.4 Å². The van der Waals surface area contributed by atoms with Gasteiger partial charge in [0.15, 0.2) is 5.69 Å². The minimum Gasteiger partial charge on any atom is -0.395 e. The third-order valence-corrected chi connectivity index (χ3v) is 5.11. The highest BCUT2D eigenvalue weighted by molar-refractivity contribution is 6.31. The number of nitrogens with zero attached hydrogens (tertiary/aromatic N) is 4. The lowest BCUT2D eigenvalue weighted by Crippen LogP contribution is -2.45. The van der Waals surface area contributed by atoms with Crippen molar-refractivity contribution < 1.29 is 14.3 Å². The van der Waals surface area contributed by atoms with Gasteiger partial charge in [-0.05, 0) is 37.1 Å². The number of likely N-dealkylation sites (tertiary alicyclic amines) is 1. The molecule has 3 rings (SSSR count). The molecule has 2 heterocycles. The molecule has 0 bridgehead atoms. The number of piperidine rings is 1. The van der Waals surface area contributed by atoms with Crippen LogP contribution in [0.4, 0.5) is 4.39 Å². The number of aliphatic hydroxyl groups is 1. The fourth-order valence-electron chi connectivity index (χ4n) is 3.27. The summed E-state index contributed by atoms with van der Waals surface area (Å²) >= 11 is 6.01. The van der Waals surface area contributed by atoms with Gasteiger partial charge in [0.2, 0.25) is 0 Å². The molecule has 1 aromatic carbocycles. The van der Waals surface area contributed by atoms with Gasteiger partial charge in [-0.2, -0.15) is 0 Å². The molecule has 0 radical (unpaired) electrons. The second-order valence-electron chi connectivity index (χ2n) is 6.66. The number of aliphatic hydroxyl groups excluding tert-OH is 1. The quantitative estimate of drug-likeness (QED) is 0.745. The number of hydrogen-bond donors (Lipinski definition) is 2. The summed E-state index contributed by atoms with van der Waals surface area (Å²) in [5.41, 5.74) is 0.903. The van der Waals surface area contributed by atoms with Crippen molar-refractivity contribution in [1.82, 2.24) is 25.2 Å². The Morgan fingerprint density at radius 1 is 1.41 bits per heavy atom. The predicted octanol–water partition coefficient (Wildman–Crippen LogP) is 1.70. The van der Waals surface area contributed by atoms with E-state index in [0.717, 1.165) is 25.8 Å². The molecule has 1 aliphatic rings. The van der Waals surface area contributed by atoms with Crippen LogP contribution < -0.4 is 5.32 Å². The van der Waals surface area contributed by atoms with Crippen LogP contribution >= 0.6 is 11.6 Å². The Bertz CT molecular complexity index is 785. The van der Waals surface area contributed by atoms with Gasteiger partial charge in [0, 0.05) is 24.2 Å². The number of amides is 1. The van der Waals surface area contributed by atoms with E-state index in [1.165, 1.54) is 23.0 Å². The van der Waals surface area contributed by atoms with Crippen molar-refractivity contribution in [2.24, 2.45) is 0 Å². The summed E-state index contributed by atoms with van der Waals surface area (Å²) in [7, 11) is 0. The van der Waals surface area contributed by atoms with Gasteiger partial charge in [0.25, 0.3) is 5.91 Å². The summed E-state index contributed by atoms with van der Waals surface area (Å²) in [5, 5.41) is 20.4. The molecule has 27 heavy (non-hydrogen) atoms. The van der Waals surface area contributed by atoms with E-state index >= 15 is 0 Å². The van der Waals surface area contributed by atoms with Gasteiger partial charge in [-0.3, -0.25) is 9.69 Å². The van der Waals surface area contributed by atoms with Gasteiger partial charge in [0.05, 0.1) is 19.3 Å². The molecular formula is C18H23ClFN5O2. The molecule has 0 aliphatic carbocycles. The van der Waals surface area contributed by atoms with Crippen LogP contribution in [0.5, 0.6) is 0 Å². The zero-order chi connectivity index (χ0) is 19.2. The number of hydrogen-bond acceptors (Lipinski definition) is 5. The van der Waals surface area contributed by atoms with Crippen molar-refractivity contribution in [3.8, 4) is 0 Å². The Balaban J connectivity index is 1.51. The Labute approximate surface area is 162 Å². The van der Waals surface area contributed by atoms with E-state index in [1.807, 2.05) is 0 Å². The van der Waals surface area contributed by atoms with E-state index in [4.69, 9.17) is 11.6 Å². The summed E-state index contributed by atoms with van der Waals surface area (Å²) < 4.78 is 14.6. The van der Waals surface area contributed by atoms with Crippen LogP contribution in [0.25, 0.3) is 0 Å². The first-order valence-corrected chi connectivity index (χ1v) is 9.42. The molecule has 146 valence electrons. The van der Waals surface area contributed by atoms with E-state index in [9.17, 15) is 14.3 Å². The van der Waals surface area contributed by atoms with Crippen LogP contribution in [-0.2, 0) is 6.54 Å². The molecule has 2 N–H and O–H groups in total. The maximum absolute atomic E-state index is 13.1. The third kappa shape index (κ3) is 5.24. The summed E-state index contributed by atoms with van der Waals surface area (Å²) in [4.78, 5) is 14.4. The fraction of sp³-hybridized carbons (Fsp3) is 0.500. The monoisotopic (exact) mass is 395 g/mol. The molecule has 1 aromatic heterocycles. The van der Waals surface area contributed by atoms with Crippen molar-refractivity contribution in [3.63, 3.8) is 0 Å². The van der Waals surface area contributed by atoms with Crippen LogP contribution in [0.15, 0.2) is 24.4 Å². The van der Waals surface area contributed by atoms with Crippen molar-refractivity contribution >= 4 is 17.5 Å². The molecular weight excluding hydrogens is 373 g/mol. The Kier molecular flexibility index (Phi) is 6.76. The maximum atomic E-state index is 13.1. The first-order chi connectivity index (χ1) is 13.1. The van der Waals surface area contributed by atoms with Crippen molar-refractivity contribution in [3.05, 3.63) is 46.5 Å². The minimum atomic E-state index is -0.403. The first kappa shape index (κ1) is 19.7. The van der Waals surface area contributed by atoms with Crippen LogP contribution in [0, 0.1) is 5.82 Å². The number of halogens is 2. The molecule has 0 spiro atoms. The average molecular weight is 396 g/mol. The van der Waals surface area contributed by atoms with E-state index in [2.05, 4.69) is 20.5 Å². The molecule has 9 heteroatoms. The number of aromatic nitrogens is 3. The van der Waals surface area contributed by atoms with Crippen LogP contribution in [0.3, 0.4) is 0 Å². The highest BCUT2D eigenvalue weighted by Gasteiger charge is 2.21. The summed E-state index contributed by atoms with van der Waals surface area (Å²) in [5.74, 6) is -0.705. The van der Waals surface area contributed by atoms with E-state index in [0.29, 0.717) is 30.2 Å². The topological polar surface area (TPSA) is 83.3 Å². The van der Waals surface area contributed by atoms with Crippen LogP contribution in [0.2, 0.25) is 5.02 Å². The summed E-state index contributed by atoms with van der Waals surface area (Å²) in [6.45, 7) is 2.55. The molecule has 7 nitrogen and oxygen atoms in total. The Morgan fingerprint density at radius 3 is 3.04 bits per heavy atom.